The molecule has 1 aliphatic rings. The Hall–Kier alpha value is -4.94. The number of benzene rings is 5. The summed E-state index contributed by atoms with van der Waals surface area (Å²) in [6, 6.07) is 34.7. The minimum atomic E-state index is -2.34. The molecule has 1 aliphatic heterocycles. The molecule has 0 bridgehead atoms. The summed E-state index contributed by atoms with van der Waals surface area (Å²) in [6.07, 6.45) is -1.45. The van der Waals surface area contributed by atoms with Crippen molar-refractivity contribution in [3.63, 3.8) is 0 Å². The zero-order valence-corrected chi connectivity index (χ0v) is 28.2. The number of nitrogens with one attached hydrogen (secondary N) is 1. The molecule has 0 spiro atoms. The second-order valence-electron chi connectivity index (χ2n) is 12.8. The number of amides is 1. The van der Waals surface area contributed by atoms with Crippen molar-refractivity contribution in [2.75, 3.05) is 6.54 Å². The van der Waals surface area contributed by atoms with Gasteiger partial charge in [0.2, 0.25) is 5.82 Å². The third-order valence-electron chi connectivity index (χ3n) is 9.20. The van der Waals surface area contributed by atoms with Gasteiger partial charge in [0.25, 0.3) is 5.91 Å². The average molecular weight is 717 g/mol. The lowest BCUT2D eigenvalue weighted by Gasteiger charge is -2.43. The average Bonchev–Trinajstić information content (AvgIpc) is 3.17. The third-order valence-corrected chi connectivity index (χ3v) is 9.20. The molecule has 1 heterocycles. The van der Waals surface area contributed by atoms with E-state index in [1.165, 1.54) is 0 Å². The summed E-state index contributed by atoms with van der Waals surface area (Å²) in [4.78, 5) is 14.8. The maximum Gasteiger partial charge on any atom is 0.257 e. The van der Waals surface area contributed by atoms with E-state index in [2.05, 4.69) is 41.4 Å². The van der Waals surface area contributed by atoms with Crippen LogP contribution in [0, 0.1) is 35.0 Å². The van der Waals surface area contributed by atoms with Crippen LogP contribution < -0.4 is 5.32 Å². The van der Waals surface area contributed by atoms with Crippen molar-refractivity contribution in [3.8, 4) is 0 Å². The molecule has 5 aromatic rings. The molecule has 2 N–H and O–H groups in total. The van der Waals surface area contributed by atoms with Gasteiger partial charge in [-0.25, -0.2) is 22.0 Å². The molecule has 1 amide bonds. The largest absolute Gasteiger partial charge is 0.392 e. The smallest absolute Gasteiger partial charge is 0.257 e. The number of aliphatic hydroxyl groups is 1. The van der Waals surface area contributed by atoms with E-state index in [0.29, 0.717) is 30.8 Å². The summed E-state index contributed by atoms with van der Waals surface area (Å²) in [5.74, 6) is -12.7. The molecule has 0 radical (unpaired) electrons. The number of halogens is 5. The first-order chi connectivity index (χ1) is 25.1. The van der Waals surface area contributed by atoms with Crippen LogP contribution in [0.3, 0.4) is 0 Å². The zero-order chi connectivity index (χ0) is 36.8. The molecule has 1 fully saturated rings. The standard InChI is InChI=1S/C41H37F5N2O4/c1-25-32(23-48(21-27-8-4-2-5-9-27)22-28-10-6-3-7-11-28)51-41(52-39(25)30-16-14-29(24-49)15-17-30)31-18-12-26(13-19-31)20-47-40(50)33-34(42)36(44)38(46)37(45)35(33)43/h2-19,25,32,39,41,49H,20-24H2,1H3,(H,47,50)/t25-,32+,39+,41+/m0/s1. The van der Waals surface area contributed by atoms with Crippen LogP contribution in [0.2, 0.25) is 0 Å². The Kier molecular flexibility index (Phi) is 11.8. The minimum Gasteiger partial charge on any atom is -0.392 e. The minimum absolute atomic E-state index is 0.0818. The Morgan fingerprint density at radius 3 is 1.69 bits per heavy atom. The second-order valence-corrected chi connectivity index (χ2v) is 12.8. The third kappa shape index (κ3) is 8.40. The van der Waals surface area contributed by atoms with Gasteiger partial charge in [-0.15, -0.1) is 0 Å². The zero-order valence-electron chi connectivity index (χ0n) is 28.2. The Balaban J connectivity index is 1.22. The molecule has 0 saturated carbocycles. The van der Waals surface area contributed by atoms with Crippen LogP contribution in [0.4, 0.5) is 22.0 Å². The maximum absolute atomic E-state index is 14.2. The molecule has 0 aliphatic carbocycles. The van der Waals surface area contributed by atoms with E-state index in [1.54, 1.807) is 24.3 Å². The van der Waals surface area contributed by atoms with Gasteiger partial charge in [0.1, 0.15) is 5.56 Å². The lowest BCUT2D eigenvalue weighted by Crippen LogP contribution is -2.44. The van der Waals surface area contributed by atoms with Crippen LogP contribution in [-0.4, -0.2) is 28.6 Å². The molecule has 52 heavy (non-hydrogen) atoms. The predicted molar refractivity (Wildman–Crippen MR) is 184 cm³/mol. The molecule has 1 saturated heterocycles. The van der Waals surface area contributed by atoms with Crippen LogP contribution in [0.1, 0.15) is 63.1 Å². The van der Waals surface area contributed by atoms with Gasteiger partial charge in [0, 0.05) is 37.7 Å². The summed E-state index contributed by atoms with van der Waals surface area (Å²) in [7, 11) is 0. The fourth-order valence-electron chi connectivity index (χ4n) is 6.32. The predicted octanol–water partition coefficient (Wildman–Crippen LogP) is 8.30. The van der Waals surface area contributed by atoms with Crippen molar-refractivity contribution >= 4 is 5.91 Å². The fourth-order valence-corrected chi connectivity index (χ4v) is 6.32. The lowest BCUT2D eigenvalue weighted by atomic mass is 9.89. The van der Waals surface area contributed by atoms with Gasteiger partial charge >= 0.3 is 0 Å². The molecule has 6 rings (SSSR count). The van der Waals surface area contributed by atoms with Crippen molar-refractivity contribution in [2.24, 2.45) is 5.92 Å². The number of aliphatic hydroxyl groups excluding tert-OH is 1. The van der Waals surface area contributed by atoms with Gasteiger partial charge in [-0.3, -0.25) is 9.69 Å². The van der Waals surface area contributed by atoms with Gasteiger partial charge < -0.3 is 19.9 Å². The summed E-state index contributed by atoms with van der Waals surface area (Å²) < 4.78 is 82.4. The number of nitrogens with zero attached hydrogens (tertiary/aromatic N) is 1. The highest BCUT2D eigenvalue weighted by atomic mass is 19.2. The van der Waals surface area contributed by atoms with Crippen molar-refractivity contribution in [3.05, 3.63) is 177 Å². The van der Waals surface area contributed by atoms with Crippen LogP contribution in [0.15, 0.2) is 109 Å². The highest BCUT2D eigenvalue weighted by Gasteiger charge is 2.39. The van der Waals surface area contributed by atoms with Gasteiger partial charge in [0.15, 0.2) is 29.6 Å². The van der Waals surface area contributed by atoms with Crippen LogP contribution in [0.25, 0.3) is 0 Å². The number of hydrogen-bond donors (Lipinski definition) is 2. The number of hydrogen-bond acceptors (Lipinski definition) is 5. The summed E-state index contributed by atoms with van der Waals surface area (Å²) in [6.45, 7) is 3.71. The molecule has 0 unspecified atom stereocenters. The first-order valence-electron chi connectivity index (χ1n) is 16.8. The Morgan fingerprint density at radius 2 is 1.15 bits per heavy atom. The second kappa shape index (κ2) is 16.6. The normalized spacial score (nSPS) is 18.8. The first-order valence-corrected chi connectivity index (χ1v) is 16.8. The molecule has 4 atom stereocenters. The number of carbonyl (C=O) groups excluding carboxylic acids is 1. The summed E-state index contributed by atoms with van der Waals surface area (Å²) >= 11 is 0. The van der Waals surface area contributed by atoms with E-state index in [1.807, 2.05) is 60.7 Å². The Morgan fingerprint density at radius 1 is 0.654 bits per heavy atom. The maximum atomic E-state index is 14.2. The Labute approximate surface area is 298 Å². The monoisotopic (exact) mass is 716 g/mol. The van der Waals surface area contributed by atoms with E-state index in [-0.39, 0.29) is 31.3 Å². The Bertz CT molecular complexity index is 1890. The highest BCUT2D eigenvalue weighted by molar-refractivity contribution is 5.94. The van der Waals surface area contributed by atoms with Crippen LogP contribution >= 0.6 is 0 Å². The van der Waals surface area contributed by atoms with Crippen molar-refractivity contribution in [1.29, 1.82) is 0 Å². The number of ether oxygens (including phenoxy) is 2. The van der Waals surface area contributed by atoms with Crippen LogP contribution in [-0.2, 0) is 35.7 Å². The van der Waals surface area contributed by atoms with Gasteiger partial charge in [-0.1, -0.05) is 116 Å². The van der Waals surface area contributed by atoms with Gasteiger partial charge in [0.05, 0.1) is 18.8 Å². The lowest BCUT2D eigenvalue weighted by molar-refractivity contribution is -0.276. The van der Waals surface area contributed by atoms with E-state index < -0.39 is 46.8 Å². The molecule has 5 aromatic carbocycles. The SMILES string of the molecule is C[C@H]1[C@@H](CN(Cc2ccccc2)Cc2ccccc2)O[C@@H](c2ccc(CNC(=O)c3c(F)c(F)c(F)c(F)c3F)cc2)O[C@H]1c1ccc(CO)cc1. The summed E-state index contributed by atoms with van der Waals surface area (Å²) in [5.41, 5.74) is 3.63. The van der Waals surface area contributed by atoms with E-state index in [0.717, 1.165) is 22.3 Å². The van der Waals surface area contributed by atoms with Crippen molar-refractivity contribution in [1.82, 2.24) is 10.2 Å². The van der Waals surface area contributed by atoms with E-state index in [9.17, 15) is 31.9 Å². The summed E-state index contributed by atoms with van der Waals surface area (Å²) in [5, 5.41) is 11.8. The van der Waals surface area contributed by atoms with Crippen molar-refractivity contribution < 1.29 is 41.3 Å². The molecule has 6 nitrogen and oxygen atoms in total. The van der Waals surface area contributed by atoms with E-state index in [4.69, 9.17) is 9.47 Å². The van der Waals surface area contributed by atoms with Crippen molar-refractivity contribution in [2.45, 2.75) is 51.7 Å². The van der Waals surface area contributed by atoms with E-state index >= 15 is 0 Å². The quantitative estimate of drug-likeness (QED) is 0.0773. The molecule has 0 aromatic heterocycles. The van der Waals surface area contributed by atoms with Gasteiger partial charge in [-0.05, 0) is 27.8 Å². The molecular weight excluding hydrogens is 679 g/mol. The molecule has 11 heteroatoms. The number of rotatable bonds is 12. The fraction of sp³-hybridized carbons (Fsp3) is 0.244. The number of carbonyl (C=O) groups is 1. The first kappa shape index (κ1) is 36.8. The van der Waals surface area contributed by atoms with Crippen LogP contribution in [0.5, 0.6) is 0 Å². The molecule has 270 valence electrons. The van der Waals surface area contributed by atoms with Gasteiger partial charge in [-0.2, -0.15) is 0 Å². The molecular formula is C41H37F5N2O4. The topological polar surface area (TPSA) is 71.0 Å². The highest BCUT2D eigenvalue weighted by Crippen LogP contribution is 2.42.